The Morgan fingerprint density at radius 1 is 1.14 bits per heavy atom. The third-order valence-electron chi connectivity index (χ3n) is 6.74. The molecule has 194 valence electrons. The molecule has 2 aliphatic rings. The predicted octanol–water partition coefficient (Wildman–Crippen LogP) is 2.97. The lowest BCUT2D eigenvalue weighted by Gasteiger charge is -2.39. The second-order valence-electron chi connectivity index (χ2n) is 9.07. The quantitative estimate of drug-likeness (QED) is 0.155. The molecule has 0 radical (unpaired) electrons. The first-order chi connectivity index (χ1) is 17.5. The highest BCUT2D eigenvalue weighted by Crippen LogP contribution is 2.26. The number of nitrogens with one attached hydrogen (secondary N) is 2. The van der Waals surface area contributed by atoms with Gasteiger partial charge in [0.2, 0.25) is 0 Å². The van der Waals surface area contributed by atoms with E-state index in [2.05, 4.69) is 25.4 Å². The average Bonchev–Trinajstić information content (AvgIpc) is 3.43. The Kier molecular flexibility index (Phi) is 10.00. The Hall–Kier alpha value is -3.72. The lowest BCUT2D eigenvalue weighted by molar-refractivity contribution is -0.112. The molecule has 0 aromatic heterocycles. The number of carbonyl (C=O) groups excluding carboxylic acids is 1. The molecular weight excluding hydrogens is 454 g/mol. The van der Waals surface area contributed by atoms with Crippen LogP contribution in [0.3, 0.4) is 0 Å². The Morgan fingerprint density at radius 3 is 2.39 bits per heavy atom. The van der Waals surface area contributed by atoms with Crippen molar-refractivity contribution in [3.8, 4) is 0 Å². The average molecular weight is 494 g/mol. The van der Waals surface area contributed by atoms with E-state index in [0.717, 1.165) is 44.2 Å². The number of aliphatic hydroxyl groups excluding tert-OH is 1. The minimum Gasteiger partial charge on any atom is -0.515 e. The Labute approximate surface area is 213 Å². The lowest BCUT2D eigenvalue weighted by Crippen LogP contribution is -2.49. The number of allylic oxidation sites excluding steroid dienone is 3. The lowest BCUT2D eigenvalue weighted by atomic mass is 10.1. The largest absolute Gasteiger partial charge is 0.515 e. The normalized spacial score (nSPS) is 19.2. The molecule has 1 aromatic carbocycles. The van der Waals surface area contributed by atoms with Crippen LogP contribution in [-0.2, 0) is 4.79 Å². The first-order valence-corrected chi connectivity index (χ1v) is 12.5. The molecule has 0 atom stereocenters. The van der Waals surface area contributed by atoms with E-state index in [4.69, 9.17) is 11.5 Å². The van der Waals surface area contributed by atoms with Crippen molar-refractivity contribution in [1.82, 2.24) is 10.2 Å². The first-order valence-electron chi connectivity index (χ1n) is 12.5. The van der Waals surface area contributed by atoms with Crippen LogP contribution in [0.4, 0.5) is 11.4 Å². The van der Waals surface area contributed by atoms with E-state index in [0.29, 0.717) is 17.0 Å². The molecule has 0 spiro atoms. The van der Waals surface area contributed by atoms with Crippen LogP contribution in [0.2, 0.25) is 0 Å². The van der Waals surface area contributed by atoms with Crippen molar-refractivity contribution < 1.29 is 9.90 Å². The summed E-state index contributed by atoms with van der Waals surface area (Å²) in [6.07, 6.45) is 12.2. The van der Waals surface area contributed by atoms with Gasteiger partial charge in [-0.3, -0.25) is 14.7 Å². The van der Waals surface area contributed by atoms with E-state index < -0.39 is 5.91 Å². The predicted molar refractivity (Wildman–Crippen MR) is 148 cm³/mol. The zero-order valence-corrected chi connectivity index (χ0v) is 21.3. The molecule has 9 heteroatoms. The van der Waals surface area contributed by atoms with Gasteiger partial charge in [0.25, 0.3) is 5.91 Å². The number of nitrogens with zero attached hydrogens (tertiary/aromatic N) is 3. The summed E-state index contributed by atoms with van der Waals surface area (Å²) in [5.74, 6) is -0.199. The summed E-state index contributed by atoms with van der Waals surface area (Å²) in [6, 6.07) is 8.55. The number of carbonyl (C=O) groups is 1. The summed E-state index contributed by atoms with van der Waals surface area (Å²) in [4.78, 5) is 22.0. The zero-order chi connectivity index (χ0) is 25.9. The van der Waals surface area contributed by atoms with Gasteiger partial charge in [0.15, 0.2) is 0 Å². The van der Waals surface area contributed by atoms with E-state index in [1.54, 1.807) is 26.1 Å². The van der Waals surface area contributed by atoms with Gasteiger partial charge in [-0.2, -0.15) is 0 Å². The maximum absolute atomic E-state index is 13.0. The van der Waals surface area contributed by atoms with Crippen molar-refractivity contribution in [2.75, 3.05) is 43.4 Å². The van der Waals surface area contributed by atoms with Crippen LogP contribution in [0.25, 0.3) is 0 Å². The van der Waals surface area contributed by atoms with Gasteiger partial charge in [0.1, 0.15) is 5.82 Å². The number of piperazine rings is 1. The highest BCUT2D eigenvalue weighted by atomic mass is 16.2. The van der Waals surface area contributed by atoms with Crippen LogP contribution in [0, 0.1) is 0 Å². The number of benzene rings is 1. The van der Waals surface area contributed by atoms with Crippen molar-refractivity contribution in [3.05, 3.63) is 71.5 Å². The monoisotopic (exact) mass is 493 g/mol. The number of anilines is 2. The summed E-state index contributed by atoms with van der Waals surface area (Å²) in [5.41, 5.74) is 14.3. The summed E-state index contributed by atoms with van der Waals surface area (Å²) < 4.78 is 0. The molecule has 0 unspecified atom stereocenters. The summed E-state index contributed by atoms with van der Waals surface area (Å²) >= 11 is 0. The van der Waals surface area contributed by atoms with Crippen molar-refractivity contribution in [2.45, 2.75) is 38.6 Å². The molecule has 1 aliphatic heterocycles. The fraction of sp³-hybridized carbons (Fsp3) is 0.407. The molecule has 0 bridgehead atoms. The van der Waals surface area contributed by atoms with E-state index in [1.165, 1.54) is 38.1 Å². The van der Waals surface area contributed by atoms with E-state index in [9.17, 15) is 9.90 Å². The van der Waals surface area contributed by atoms with Crippen LogP contribution in [0.5, 0.6) is 0 Å². The topological polar surface area (TPSA) is 132 Å². The molecule has 1 saturated carbocycles. The summed E-state index contributed by atoms with van der Waals surface area (Å²) in [6.45, 7) is 5.97. The molecular formula is C27H39N7O2. The van der Waals surface area contributed by atoms with Crippen LogP contribution in [-0.4, -0.2) is 61.4 Å². The van der Waals surface area contributed by atoms with Gasteiger partial charge < -0.3 is 32.1 Å². The smallest absolute Gasteiger partial charge is 0.260 e. The van der Waals surface area contributed by atoms with Crippen LogP contribution < -0.4 is 27.0 Å². The molecule has 3 rings (SSSR count). The van der Waals surface area contributed by atoms with Gasteiger partial charge >= 0.3 is 0 Å². The van der Waals surface area contributed by atoms with Gasteiger partial charge in [-0.25, -0.2) is 0 Å². The highest BCUT2D eigenvalue weighted by molar-refractivity contribution is 6.07. The van der Waals surface area contributed by atoms with Crippen LogP contribution in [0.15, 0.2) is 76.5 Å². The molecule has 9 nitrogen and oxygen atoms in total. The molecule has 1 aliphatic carbocycles. The van der Waals surface area contributed by atoms with Crippen molar-refractivity contribution >= 4 is 23.5 Å². The first kappa shape index (κ1) is 26.9. The van der Waals surface area contributed by atoms with Gasteiger partial charge in [-0.05, 0) is 68.0 Å². The second-order valence-corrected chi connectivity index (χ2v) is 9.07. The third-order valence-corrected chi connectivity index (χ3v) is 6.74. The SMILES string of the molecule is CN=C/C=C(N/C(N)=C(C)/C=C\N)\C(=C\O)C(=O)Nc1ccc(N2CCN(C3CCCC3)CC2)cc1. The van der Waals surface area contributed by atoms with Crippen molar-refractivity contribution in [3.63, 3.8) is 0 Å². The number of amides is 1. The van der Waals surface area contributed by atoms with Gasteiger partial charge in [0, 0.05) is 56.9 Å². The van der Waals surface area contributed by atoms with Gasteiger partial charge in [-0.1, -0.05) is 12.8 Å². The van der Waals surface area contributed by atoms with Gasteiger partial charge in [-0.15, -0.1) is 0 Å². The van der Waals surface area contributed by atoms with E-state index in [-0.39, 0.29) is 11.4 Å². The van der Waals surface area contributed by atoms with Crippen LogP contribution >= 0.6 is 0 Å². The summed E-state index contributed by atoms with van der Waals surface area (Å²) in [7, 11) is 1.61. The summed E-state index contributed by atoms with van der Waals surface area (Å²) in [5, 5.41) is 15.7. The number of nitrogens with two attached hydrogens (primary N) is 2. The number of rotatable bonds is 9. The molecule has 1 heterocycles. The highest BCUT2D eigenvalue weighted by Gasteiger charge is 2.26. The van der Waals surface area contributed by atoms with Crippen molar-refractivity contribution in [2.24, 2.45) is 16.5 Å². The maximum atomic E-state index is 13.0. The minimum absolute atomic E-state index is 0.00879. The van der Waals surface area contributed by atoms with E-state index in [1.807, 2.05) is 24.3 Å². The Balaban J connectivity index is 1.63. The maximum Gasteiger partial charge on any atom is 0.260 e. The fourth-order valence-electron chi connectivity index (χ4n) is 4.64. The molecule has 36 heavy (non-hydrogen) atoms. The number of aliphatic hydroxyl groups is 1. The molecule has 2 fully saturated rings. The standard InChI is InChI=1S/C27H39N7O2/c1-20(11-13-28)26(29)32-25(12-14-30-2)24(19-35)27(36)31-21-7-9-23(10-8-21)34-17-15-33(16-18-34)22-5-3-4-6-22/h7-14,19,22,32,35H,3-6,15-18,28-29H2,1-2H3,(H,31,36)/b13-11-,24-19-,25-12+,26-20+,30-14?. The second kappa shape index (κ2) is 13.4. The number of hydrogen-bond donors (Lipinski definition) is 5. The third kappa shape index (κ3) is 7.14. The number of aliphatic imine (C=N–C) groups is 1. The minimum atomic E-state index is -0.487. The molecule has 1 saturated heterocycles. The van der Waals surface area contributed by atoms with Crippen LogP contribution in [0.1, 0.15) is 32.6 Å². The number of hydrogen-bond acceptors (Lipinski definition) is 8. The van der Waals surface area contributed by atoms with E-state index >= 15 is 0 Å². The van der Waals surface area contributed by atoms with Gasteiger partial charge in [0.05, 0.1) is 17.5 Å². The molecule has 7 N–H and O–H groups in total. The molecule has 1 aromatic rings. The van der Waals surface area contributed by atoms with Crippen molar-refractivity contribution in [1.29, 1.82) is 0 Å². The fourth-order valence-corrected chi connectivity index (χ4v) is 4.64. The Bertz CT molecular complexity index is 1030. The Morgan fingerprint density at radius 2 is 1.81 bits per heavy atom. The zero-order valence-electron chi connectivity index (χ0n) is 21.3. The molecule has 1 amide bonds.